The van der Waals surface area contributed by atoms with Gasteiger partial charge in [0.1, 0.15) is 35.7 Å². The van der Waals surface area contributed by atoms with Crippen LogP contribution in [0.2, 0.25) is 0 Å². The van der Waals surface area contributed by atoms with Crippen molar-refractivity contribution in [1.82, 2.24) is 4.90 Å². The van der Waals surface area contributed by atoms with Crippen LogP contribution in [0, 0.1) is 5.92 Å². The van der Waals surface area contributed by atoms with Crippen molar-refractivity contribution in [3.8, 4) is 23.0 Å². The van der Waals surface area contributed by atoms with Gasteiger partial charge in [0, 0.05) is 24.8 Å². The number of hydrogen-bond acceptors (Lipinski definition) is 6. The fraction of sp³-hybridized carbons (Fsp3) is 0.355. The Labute approximate surface area is 218 Å². The predicted octanol–water partition coefficient (Wildman–Crippen LogP) is 5.90. The Hall–Kier alpha value is -3.48. The van der Waals surface area contributed by atoms with Crippen LogP contribution in [-0.2, 0) is 4.74 Å². The van der Waals surface area contributed by atoms with Crippen LogP contribution in [0.15, 0.2) is 66.7 Å². The maximum atomic E-state index is 10.2. The van der Waals surface area contributed by atoms with E-state index in [1.165, 1.54) is 6.42 Å². The number of allylic oxidation sites excluding steroid dienone is 1. The highest BCUT2D eigenvalue weighted by molar-refractivity contribution is 5.95. The van der Waals surface area contributed by atoms with E-state index < -0.39 is 0 Å². The second-order valence-electron chi connectivity index (χ2n) is 10.1. The van der Waals surface area contributed by atoms with Gasteiger partial charge in [-0.3, -0.25) is 4.90 Å². The SMILES string of the molecule is COCC(COc1ccc(C2Oc3ccc(O)cc3C(C)=C2c2cccc(O)c2)cc1)N1CCC(C)C1. The molecule has 6 heteroatoms. The van der Waals surface area contributed by atoms with E-state index in [1.54, 1.807) is 37.4 Å². The molecule has 3 aromatic rings. The number of rotatable bonds is 8. The summed E-state index contributed by atoms with van der Waals surface area (Å²) in [6, 6.07) is 20.6. The average molecular weight is 502 g/mol. The molecule has 2 heterocycles. The van der Waals surface area contributed by atoms with Gasteiger partial charge >= 0.3 is 0 Å². The summed E-state index contributed by atoms with van der Waals surface area (Å²) in [4.78, 5) is 2.46. The highest BCUT2D eigenvalue weighted by Gasteiger charge is 2.30. The Morgan fingerprint density at radius 3 is 2.49 bits per heavy atom. The lowest BCUT2D eigenvalue weighted by atomic mass is 9.86. The first kappa shape index (κ1) is 25.2. The third-order valence-corrected chi connectivity index (χ3v) is 7.39. The maximum absolute atomic E-state index is 10.2. The van der Waals surface area contributed by atoms with Crippen molar-refractivity contribution in [1.29, 1.82) is 0 Å². The minimum absolute atomic E-state index is 0.187. The zero-order chi connectivity index (χ0) is 25.9. The Kier molecular flexibility index (Phi) is 7.40. The largest absolute Gasteiger partial charge is 0.508 e. The normalized spacial score (nSPS) is 20.4. The average Bonchev–Trinajstić information content (AvgIpc) is 3.33. The number of phenols is 2. The second kappa shape index (κ2) is 10.9. The maximum Gasteiger partial charge on any atom is 0.150 e. The third-order valence-electron chi connectivity index (χ3n) is 7.39. The predicted molar refractivity (Wildman–Crippen MR) is 145 cm³/mol. The van der Waals surface area contributed by atoms with E-state index in [9.17, 15) is 10.2 Å². The van der Waals surface area contributed by atoms with Crippen molar-refractivity contribution in [2.24, 2.45) is 5.92 Å². The molecule has 0 saturated carbocycles. The first-order valence-electron chi connectivity index (χ1n) is 12.9. The van der Waals surface area contributed by atoms with Gasteiger partial charge in [-0.25, -0.2) is 0 Å². The van der Waals surface area contributed by atoms with E-state index in [0.717, 1.165) is 46.7 Å². The zero-order valence-corrected chi connectivity index (χ0v) is 21.7. The minimum atomic E-state index is -0.375. The highest BCUT2D eigenvalue weighted by Crippen LogP contribution is 2.47. The summed E-state index contributed by atoms with van der Waals surface area (Å²) in [6.45, 7) is 7.70. The number of aromatic hydroxyl groups is 2. The smallest absolute Gasteiger partial charge is 0.150 e. The van der Waals surface area contributed by atoms with Crippen molar-refractivity contribution >= 4 is 11.1 Å². The van der Waals surface area contributed by atoms with E-state index in [2.05, 4.69) is 11.8 Å². The molecule has 2 aliphatic heterocycles. The molecule has 2 N–H and O–H groups in total. The topological polar surface area (TPSA) is 71.4 Å². The van der Waals surface area contributed by atoms with Crippen LogP contribution in [0.4, 0.5) is 0 Å². The van der Waals surface area contributed by atoms with Gasteiger partial charge in [0.15, 0.2) is 0 Å². The fourth-order valence-electron chi connectivity index (χ4n) is 5.40. The van der Waals surface area contributed by atoms with Crippen molar-refractivity contribution in [3.05, 3.63) is 83.4 Å². The zero-order valence-electron chi connectivity index (χ0n) is 21.7. The molecular weight excluding hydrogens is 466 g/mol. The monoisotopic (exact) mass is 501 g/mol. The summed E-state index contributed by atoms with van der Waals surface area (Å²) in [7, 11) is 1.74. The van der Waals surface area contributed by atoms with E-state index >= 15 is 0 Å². The number of fused-ring (bicyclic) bond motifs is 1. The molecule has 0 spiro atoms. The van der Waals surface area contributed by atoms with E-state index in [4.69, 9.17) is 14.2 Å². The summed E-state index contributed by atoms with van der Waals surface area (Å²) >= 11 is 0. The van der Waals surface area contributed by atoms with Crippen molar-refractivity contribution in [2.45, 2.75) is 32.4 Å². The van der Waals surface area contributed by atoms with Gasteiger partial charge in [0.05, 0.1) is 12.6 Å². The Morgan fingerprint density at radius 2 is 1.78 bits per heavy atom. The fourth-order valence-corrected chi connectivity index (χ4v) is 5.40. The molecule has 1 fully saturated rings. The van der Waals surface area contributed by atoms with Gasteiger partial charge in [-0.1, -0.05) is 31.2 Å². The first-order chi connectivity index (χ1) is 17.9. The summed E-state index contributed by atoms with van der Waals surface area (Å²) in [5.74, 6) is 2.61. The van der Waals surface area contributed by atoms with Crippen molar-refractivity contribution < 1.29 is 24.4 Å². The van der Waals surface area contributed by atoms with Crippen molar-refractivity contribution in [3.63, 3.8) is 0 Å². The molecule has 37 heavy (non-hydrogen) atoms. The number of phenolic OH excluding ortho intramolecular Hbond substituents is 2. The molecule has 3 atom stereocenters. The Balaban J connectivity index is 1.40. The molecule has 0 aromatic heterocycles. The van der Waals surface area contributed by atoms with Gasteiger partial charge in [-0.05, 0) is 85.0 Å². The van der Waals surface area contributed by atoms with Gasteiger partial charge in [-0.2, -0.15) is 0 Å². The van der Waals surface area contributed by atoms with Crippen LogP contribution in [-0.4, -0.2) is 54.6 Å². The van der Waals surface area contributed by atoms with Crippen LogP contribution in [0.3, 0.4) is 0 Å². The number of ether oxygens (including phenoxy) is 3. The number of methoxy groups -OCH3 is 1. The van der Waals surface area contributed by atoms with E-state index in [-0.39, 0.29) is 23.6 Å². The second-order valence-corrected chi connectivity index (χ2v) is 10.1. The summed E-state index contributed by atoms with van der Waals surface area (Å²) in [5, 5.41) is 20.2. The van der Waals surface area contributed by atoms with Crippen LogP contribution >= 0.6 is 0 Å². The van der Waals surface area contributed by atoms with E-state index in [0.29, 0.717) is 24.9 Å². The lowest BCUT2D eigenvalue weighted by molar-refractivity contribution is 0.0711. The molecule has 3 aromatic carbocycles. The van der Waals surface area contributed by atoms with Gasteiger partial charge < -0.3 is 24.4 Å². The molecule has 0 bridgehead atoms. The summed E-state index contributed by atoms with van der Waals surface area (Å²) in [6.07, 6.45) is 0.841. The molecule has 1 saturated heterocycles. The van der Waals surface area contributed by atoms with Crippen LogP contribution in [0.1, 0.15) is 43.1 Å². The highest BCUT2D eigenvalue weighted by atomic mass is 16.5. The molecule has 6 nitrogen and oxygen atoms in total. The molecule has 3 unspecified atom stereocenters. The molecule has 5 rings (SSSR count). The molecule has 194 valence electrons. The van der Waals surface area contributed by atoms with Crippen LogP contribution < -0.4 is 9.47 Å². The summed E-state index contributed by atoms with van der Waals surface area (Å²) < 4.78 is 18.1. The third kappa shape index (κ3) is 5.45. The van der Waals surface area contributed by atoms with Gasteiger partial charge in [0.2, 0.25) is 0 Å². The van der Waals surface area contributed by atoms with Crippen molar-refractivity contribution in [2.75, 3.05) is 33.4 Å². The minimum Gasteiger partial charge on any atom is -0.508 e. The number of benzene rings is 3. The van der Waals surface area contributed by atoms with Crippen LogP contribution in [0.5, 0.6) is 23.0 Å². The first-order valence-corrected chi connectivity index (χ1v) is 12.9. The molecule has 0 aliphatic carbocycles. The quantitative estimate of drug-likeness (QED) is 0.401. The van der Waals surface area contributed by atoms with E-state index in [1.807, 2.05) is 43.3 Å². The lowest BCUT2D eigenvalue weighted by Gasteiger charge is -2.31. The Bertz CT molecular complexity index is 1270. The number of nitrogens with zero attached hydrogens (tertiary/aromatic N) is 1. The van der Waals surface area contributed by atoms with Gasteiger partial charge in [0.25, 0.3) is 0 Å². The molecule has 2 aliphatic rings. The molecule has 0 amide bonds. The molecular formula is C31H35NO5. The number of hydrogen-bond donors (Lipinski definition) is 2. The number of likely N-dealkylation sites (tertiary alicyclic amines) is 1. The van der Waals surface area contributed by atoms with Gasteiger partial charge in [-0.15, -0.1) is 0 Å². The van der Waals surface area contributed by atoms with Crippen LogP contribution in [0.25, 0.3) is 11.1 Å². The molecule has 0 radical (unpaired) electrons. The Morgan fingerprint density at radius 1 is 1.00 bits per heavy atom. The summed E-state index contributed by atoms with van der Waals surface area (Å²) in [5.41, 5.74) is 4.64. The standard InChI is InChI=1S/C31H35NO5/c1-20-13-14-32(17-20)24(18-35-3)19-36-27-10-7-22(8-11-27)31-30(23-5-4-6-25(33)15-23)21(2)28-16-26(34)9-12-29(28)37-31/h4-12,15-16,20,24,31,33-34H,13-14,17-19H2,1-3H3. The lowest BCUT2D eigenvalue weighted by Crippen LogP contribution is -2.41.